The van der Waals surface area contributed by atoms with E-state index in [1.165, 1.54) is 17.7 Å². The molecule has 0 saturated heterocycles. The van der Waals surface area contributed by atoms with Crippen LogP contribution in [0.25, 0.3) is 21.8 Å². The summed E-state index contributed by atoms with van der Waals surface area (Å²) < 4.78 is 25.1. The van der Waals surface area contributed by atoms with E-state index in [2.05, 4.69) is 21.7 Å². The molecule has 1 aromatic heterocycles. The van der Waals surface area contributed by atoms with Gasteiger partial charge in [-0.2, -0.15) is 0 Å². The fraction of sp³-hybridized carbons (Fsp3) is 0.212. The lowest BCUT2D eigenvalue weighted by molar-refractivity contribution is 0.102. The van der Waals surface area contributed by atoms with Crippen LogP contribution in [0.4, 0.5) is 10.1 Å². The number of anilines is 1. The Morgan fingerprint density at radius 2 is 1.62 bits per heavy atom. The van der Waals surface area contributed by atoms with Gasteiger partial charge in [-0.05, 0) is 97.9 Å². The average Bonchev–Trinajstić information content (AvgIpc) is 3.01. The molecule has 0 bridgehead atoms. The highest BCUT2D eigenvalue weighted by atomic mass is 32.2. The third-order valence-corrected chi connectivity index (χ3v) is 8.08. The molecule has 0 radical (unpaired) electrons. The van der Waals surface area contributed by atoms with E-state index in [0.29, 0.717) is 16.6 Å². The lowest BCUT2D eigenvalue weighted by atomic mass is 10.1. The predicted octanol–water partition coefficient (Wildman–Crippen LogP) is 6.40. The Bertz CT molecular complexity index is 1770. The molecule has 7 nitrogen and oxygen atoms in total. The summed E-state index contributed by atoms with van der Waals surface area (Å²) in [6, 6.07) is 22.9. The minimum atomic E-state index is -0.541. The third kappa shape index (κ3) is 6.58. The second kappa shape index (κ2) is 13.5. The molecule has 0 spiro atoms. The smallest absolute Gasteiger partial charge is 0.257 e. The molecular weight excluding hydrogens is 553 g/mol. The topological polar surface area (TPSA) is 92.5 Å². The summed E-state index contributed by atoms with van der Waals surface area (Å²) in [6.45, 7) is 1.80. The summed E-state index contributed by atoms with van der Waals surface area (Å²) in [5.41, 5.74) is 2.17. The molecule has 5 aromatic rings. The van der Waals surface area contributed by atoms with Crippen LogP contribution in [0.5, 0.6) is 11.5 Å². The summed E-state index contributed by atoms with van der Waals surface area (Å²) in [6.07, 6.45) is 1.92. The van der Waals surface area contributed by atoms with Gasteiger partial charge >= 0.3 is 0 Å². The van der Waals surface area contributed by atoms with E-state index < -0.39 is 5.82 Å². The molecule has 1 heterocycles. The van der Waals surface area contributed by atoms with Crippen molar-refractivity contribution in [2.75, 3.05) is 38.4 Å². The molecule has 0 aliphatic rings. The number of halogens is 1. The number of aromatic nitrogens is 1. The SMILES string of the molecule is COc1ccc(CCNCCCSc2ccc(NC(=O)c3cccc4c(=O)c5cccc(F)c5[nH]c34)cc2)cc1OC. The molecule has 4 aromatic carbocycles. The van der Waals surface area contributed by atoms with E-state index in [1.807, 2.05) is 36.4 Å². The van der Waals surface area contributed by atoms with Gasteiger partial charge in [0.1, 0.15) is 5.82 Å². The van der Waals surface area contributed by atoms with Crippen LogP contribution in [0.3, 0.4) is 0 Å². The van der Waals surface area contributed by atoms with E-state index in [4.69, 9.17) is 9.47 Å². The van der Waals surface area contributed by atoms with E-state index in [1.54, 1.807) is 50.2 Å². The number of nitrogens with one attached hydrogen (secondary N) is 3. The van der Waals surface area contributed by atoms with Crippen LogP contribution in [-0.4, -0.2) is 44.0 Å². The molecule has 0 aliphatic carbocycles. The van der Waals surface area contributed by atoms with Crippen LogP contribution in [0, 0.1) is 5.82 Å². The van der Waals surface area contributed by atoms with Gasteiger partial charge in [0.05, 0.1) is 30.8 Å². The maximum absolute atomic E-state index is 14.4. The number of rotatable bonds is 12. The van der Waals surface area contributed by atoms with Crippen molar-refractivity contribution in [3.8, 4) is 11.5 Å². The summed E-state index contributed by atoms with van der Waals surface area (Å²) >= 11 is 1.76. The molecule has 3 N–H and O–H groups in total. The van der Waals surface area contributed by atoms with Gasteiger partial charge in [0.2, 0.25) is 0 Å². The first-order valence-electron chi connectivity index (χ1n) is 13.7. The van der Waals surface area contributed by atoms with Crippen molar-refractivity contribution in [2.45, 2.75) is 17.7 Å². The van der Waals surface area contributed by atoms with Gasteiger partial charge in [-0.25, -0.2) is 4.39 Å². The Balaban J connectivity index is 1.11. The number of H-pyrrole nitrogens is 1. The molecular formula is C33H32FN3O4S. The van der Waals surface area contributed by atoms with E-state index in [9.17, 15) is 14.0 Å². The van der Waals surface area contributed by atoms with Crippen LogP contribution in [-0.2, 0) is 6.42 Å². The van der Waals surface area contributed by atoms with Crippen LogP contribution in [0.2, 0.25) is 0 Å². The molecule has 5 rings (SSSR count). The van der Waals surface area contributed by atoms with Crippen molar-refractivity contribution < 1.29 is 18.7 Å². The number of ether oxygens (including phenoxy) is 2. The first-order valence-corrected chi connectivity index (χ1v) is 14.7. The van der Waals surface area contributed by atoms with Gasteiger partial charge in [-0.15, -0.1) is 11.8 Å². The average molecular weight is 586 g/mol. The number of carbonyl (C=O) groups is 1. The third-order valence-electron chi connectivity index (χ3n) is 6.98. The van der Waals surface area contributed by atoms with E-state index in [0.717, 1.165) is 48.1 Å². The Labute approximate surface area is 247 Å². The highest BCUT2D eigenvalue weighted by molar-refractivity contribution is 7.99. The number of methoxy groups -OCH3 is 2. The number of hydrogen-bond acceptors (Lipinski definition) is 6. The number of hydrogen-bond donors (Lipinski definition) is 3. The van der Waals surface area contributed by atoms with Crippen LogP contribution >= 0.6 is 11.8 Å². The number of para-hydroxylation sites is 2. The Morgan fingerprint density at radius 3 is 2.38 bits per heavy atom. The Morgan fingerprint density at radius 1 is 0.881 bits per heavy atom. The summed E-state index contributed by atoms with van der Waals surface area (Å²) in [5, 5.41) is 6.96. The zero-order chi connectivity index (χ0) is 29.5. The summed E-state index contributed by atoms with van der Waals surface area (Å²) in [5.74, 6) is 1.51. The predicted molar refractivity (Wildman–Crippen MR) is 168 cm³/mol. The summed E-state index contributed by atoms with van der Waals surface area (Å²) in [7, 11) is 3.27. The van der Waals surface area contributed by atoms with Crippen molar-refractivity contribution in [3.63, 3.8) is 0 Å². The Kier molecular flexibility index (Phi) is 9.41. The van der Waals surface area contributed by atoms with E-state index in [-0.39, 0.29) is 27.8 Å². The maximum Gasteiger partial charge on any atom is 0.257 e. The molecule has 216 valence electrons. The number of aromatic amines is 1. The van der Waals surface area contributed by atoms with Crippen molar-refractivity contribution in [2.24, 2.45) is 0 Å². The monoisotopic (exact) mass is 585 g/mol. The number of thioether (sulfide) groups is 1. The quantitative estimate of drug-likeness (QED) is 0.0891. The first kappa shape index (κ1) is 29.2. The molecule has 0 saturated carbocycles. The van der Waals surface area contributed by atoms with Crippen molar-refractivity contribution in [1.82, 2.24) is 10.3 Å². The number of fused-ring (bicyclic) bond motifs is 2. The van der Waals surface area contributed by atoms with Gasteiger partial charge in [-0.3, -0.25) is 9.59 Å². The maximum atomic E-state index is 14.4. The van der Waals surface area contributed by atoms with Crippen molar-refractivity contribution in [3.05, 3.63) is 106 Å². The molecule has 0 fully saturated rings. The second-order valence-corrected chi connectivity index (χ2v) is 10.9. The summed E-state index contributed by atoms with van der Waals surface area (Å²) in [4.78, 5) is 30.2. The number of benzene rings is 4. The van der Waals surface area contributed by atoms with Crippen LogP contribution in [0.15, 0.2) is 88.6 Å². The van der Waals surface area contributed by atoms with Crippen LogP contribution < -0.4 is 25.5 Å². The minimum Gasteiger partial charge on any atom is -0.493 e. The lowest BCUT2D eigenvalue weighted by Crippen LogP contribution is -2.19. The molecule has 0 unspecified atom stereocenters. The molecule has 9 heteroatoms. The van der Waals surface area contributed by atoms with Gasteiger partial charge in [0.15, 0.2) is 16.9 Å². The zero-order valence-electron chi connectivity index (χ0n) is 23.5. The normalized spacial score (nSPS) is 11.1. The first-order chi connectivity index (χ1) is 20.5. The van der Waals surface area contributed by atoms with Gasteiger partial charge < -0.3 is 25.1 Å². The van der Waals surface area contributed by atoms with Crippen LogP contribution in [0.1, 0.15) is 22.3 Å². The fourth-order valence-corrected chi connectivity index (χ4v) is 5.64. The molecule has 42 heavy (non-hydrogen) atoms. The standard InChI is InChI=1S/C33H32FN3O4S/c1-40-28-15-10-21(20-29(28)41-2)16-18-35-17-5-19-42-23-13-11-22(12-14-23)36-33(39)26-8-3-6-24-30(26)37-31-25(32(24)38)7-4-9-27(31)34/h3-4,6-15,20,35H,5,16-19H2,1-2H3,(H,36,39)(H,37,38). The second-order valence-electron chi connectivity index (χ2n) is 9.71. The van der Waals surface area contributed by atoms with Gasteiger partial charge in [-0.1, -0.05) is 18.2 Å². The highest BCUT2D eigenvalue weighted by Crippen LogP contribution is 2.28. The van der Waals surface area contributed by atoms with Gasteiger partial charge in [0, 0.05) is 21.4 Å². The minimum absolute atomic E-state index is 0.0877. The zero-order valence-corrected chi connectivity index (χ0v) is 24.3. The highest BCUT2D eigenvalue weighted by Gasteiger charge is 2.15. The van der Waals surface area contributed by atoms with Gasteiger partial charge in [0.25, 0.3) is 5.91 Å². The van der Waals surface area contributed by atoms with Crippen molar-refractivity contribution >= 4 is 45.2 Å². The number of pyridine rings is 1. The number of amides is 1. The fourth-order valence-electron chi connectivity index (χ4n) is 4.79. The lowest BCUT2D eigenvalue weighted by Gasteiger charge is -2.11. The molecule has 0 aliphatic heterocycles. The van der Waals surface area contributed by atoms with E-state index >= 15 is 0 Å². The largest absolute Gasteiger partial charge is 0.493 e. The molecule has 1 amide bonds. The number of carbonyl (C=O) groups excluding carboxylic acids is 1. The van der Waals surface area contributed by atoms with Crippen molar-refractivity contribution in [1.29, 1.82) is 0 Å². The Hall–Kier alpha value is -4.34. The molecule has 0 atom stereocenters.